The molecule has 0 unspecified atom stereocenters. The highest BCUT2D eigenvalue weighted by Crippen LogP contribution is 2.42. The second kappa shape index (κ2) is 7.49. The molecule has 2 aliphatic rings. The average molecular weight is 373 g/mol. The summed E-state index contributed by atoms with van der Waals surface area (Å²) in [6, 6.07) is 10.9. The quantitative estimate of drug-likeness (QED) is 0.809. The summed E-state index contributed by atoms with van der Waals surface area (Å²) in [5.41, 5.74) is 0.547. The molecule has 0 spiro atoms. The number of hydrogen-bond donors (Lipinski definition) is 0. The standard InChI is InChI=1S/C21H25FN2OS/c22-18-7-5-17(6-8-18)21(9-1-2-10-21)20(25)24-13-11-23(12-14-24)16-19-4-3-15-26-19/h3-8,15H,1-2,9-14,16H2. The van der Waals surface area contributed by atoms with Gasteiger partial charge < -0.3 is 4.90 Å². The Bertz CT molecular complexity index is 730. The average Bonchev–Trinajstić information content (AvgIpc) is 3.35. The van der Waals surface area contributed by atoms with E-state index < -0.39 is 5.41 Å². The van der Waals surface area contributed by atoms with E-state index in [-0.39, 0.29) is 11.7 Å². The molecule has 1 aliphatic carbocycles. The zero-order chi connectivity index (χ0) is 18.0. The van der Waals surface area contributed by atoms with Gasteiger partial charge in [-0.05, 0) is 42.0 Å². The van der Waals surface area contributed by atoms with E-state index in [1.54, 1.807) is 11.3 Å². The molecule has 0 radical (unpaired) electrons. The van der Waals surface area contributed by atoms with Crippen molar-refractivity contribution in [2.75, 3.05) is 26.2 Å². The summed E-state index contributed by atoms with van der Waals surface area (Å²) < 4.78 is 13.4. The number of thiophene rings is 1. The molecule has 2 aromatic rings. The van der Waals surface area contributed by atoms with Crippen molar-refractivity contribution in [3.8, 4) is 0 Å². The van der Waals surface area contributed by atoms with Crippen LogP contribution in [0.25, 0.3) is 0 Å². The van der Waals surface area contributed by atoms with E-state index in [4.69, 9.17) is 0 Å². The number of carbonyl (C=O) groups excluding carboxylic acids is 1. The van der Waals surface area contributed by atoms with Gasteiger partial charge in [-0.3, -0.25) is 9.69 Å². The summed E-state index contributed by atoms with van der Waals surface area (Å²) >= 11 is 1.79. The highest BCUT2D eigenvalue weighted by molar-refractivity contribution is 7.09. The molecule has 1 amide bonds. The van der Waals surface area contributed by atoms with Gasteiger partial charge in [-0.1, -0.05) is 31.0 Å². The first-order valence-corrected chi connectivity index (χ1v) is 10.4. The van der Waals surface area contributed by atoms with Crippen LogP contribution < -0.4 is 0 Å². The summed E-state index contributed by atoms with van der Waals surface area (Å²) in [4.78, 5) is 19.3. The second-order valence-electron chi connectivity index (χ2n) is 7.44. The van der Waals surface area contributed by atoms with Crippen molar-refractivity contribution in [2.45, 2.75) is 37.6 Å². The number of halogens is 1. The summed E-state index contributed by atoms with van der Waals surface area (Å²) in [6.45, 7) is 4.38. The van der Waals surface area contributed by atoms with E-state index in [1.807, 2.05) is 17.0 Å². The molecule has 1 saturated carbocycles. The molecule has 1 aromatic carbocycles. The van der Waals surface area contributed by atoms with Crippen LogP contribution in [0.1, 0.15) is 36.1 Å². The molecule has 138 valence electrons. The summed E-state index contributed by atoms with van der Waals surface area (Å²) in [7, 11) is 0. The van der Waals surface area contributed by atoms with Crippen molar-refractivity contribution in [1.82, 2.24) is 9.80 Å². The van der Waals surface area contributed by atoms with Crippen molar-refractivity contribution >= 4 is 17.2 Å². The molecule has 5 heteroatoms. The predicted octanol–water partition coefficient (Wildman–Crippen LogP) is 4.04. The number of benzene rings is 1. The Hall–Kier alpha value is -1.72. The van der Waals surface area contributed by atoms with E-state index in [2.05, 4.69) is 22.4 Å². The van der Waals surface area contributed by atoms with E-state index in [0.717, 1.165) is 64.0 Å². The lowest BCUT2D eigenvalue weighted by molar-refractivity contribution is -0.139. The zero-order valence-corrected chi connectivity index (χ0v) is 15.8. The molecule has 3 nitrogen and oxygen atoms in total. The van der Waals surface area contributed by atoms with Crippen LogP contribution in [0.15, 0.2) is 41.8 Å². The Morgan fingerprint density at radius 3 is 2.35 bits per heavy atom. The van der Waals surface area contributed by atoms with Gasteiger partial charge in [0.25, 0.3) is 0 Å². The Morgan fingerprint density at radius 2 is 1.73 bits per heavy atom. The molecule has 26 heavy (non-hydrogen) atoms. The van der Waals surface area contributed by atoms with Crippen LogP contribution >= 0.6 is 11.3 Å². The highest BCUT2D eigenvalue weighted by Gasteiger charge is 2.45. The Kier molecular flexibility index (Phi) is 5.09. The molecule has 1 aromatic heterocycles. The smallest absolute Gasteiger partial charge is 0.233 e. The summed E-state index contributed by atoms with van der Waals surface area (Å²) in [5, 5.41) is 2.11. The largest absolute Gasteiger partial charge is 0.339 e. The van der Waals surface area contributed by atoms with Gasteiger partial charge in [-0.15, -0.1) is 11.3 Å². The van der Waals surface area contributed by atoms with E-state index in [9.17, 15) is 9.18 Å². The van der Waals surface area contributed by atoms with Gasteiger partial charge in [0.2, 0.25) is 5.91 Å². The van der Waals surface area contributed by atoms with Crippen LogP contribution in [0.5, 0.6) is 0 Å². The number of nitrogens with zero attached hydrogens (tertiary/aromatic N) is 2. The Balaban J connectivity index is 1.45. The van der Waals surface area contributed by atoms with Crippen molar-refractivity contribution in [3.63, 3.8) is 0 Å². The predicted molar refractivity (Wildman–Crippen MR) is 103 cm³/mol. The van der Waals surface area contributed by atoms with Crippen LogP contribution in [-0.2, 0) is 16.8 Å². The molecular weight excluding hydrogens is 347 g/mol. The van der Waals surface area contributed by atoms with Crippen LogP contribution in [-0.4, -0.2) is 41.9 Å². The molecule has 2 heterocycles. The van der Waals surface area contributed by atoms with Crippen molar-refractivity contribution in [3.05, 3.63) is 58.0 Å². The third-order valence-corrected chi connectivity index (χ3v) is 6.74. The van der Waals surface area contributed by atoms with Crippen LogP contribution in [0.2, 0.25) is 0 Å². The first-order chi connectivity index (χ1) is 12.7. The topological polar surface area (TPSA) is 23.6 Å². The lowest BCUT2D eigenvalue weighted by Gasteiger charge is -2.40. The molecule has 0 atom stereocenters. The SMILES string of the molecule is O=C(N1CCN(Cc2cccs2)CC1)C1(c2ccc(F)cc2)CCCC1. The first-order valence-electron chi connectivity index (χ1n) is 9.48. The van der Waals surface area contributed by atoms with E-state index >= 15 is 0 Å². The van der Waals surface area contributed by atoms with Crippen molar-refractivity contribution in [1.29, 1.82) is 0 Å². The zero-order valence-electron chi connectivity index (χ0n) is 15.0. The van der Waals surface area contributed by atoms with Crippen LogP contribution in [0.3, 0.4) is 0 Å². The molecule has 0 N–H and O–H groups in total. The molecule has 2 fully saturated rings. The maximum absolute atomic E-state index is 13.4. The highest BCUT2D eigenvalue weighted by atomic mass is 32.1. The monoisotopic (exact) mass is 372 g/mol. The van der Waals surface area contributed by atoms with Gasteiger partial charge in [-0.25, -0.2) is 4.39 Å². The van der Waals surface area contributed by atoms with Gasteiger partial charge in [-0.2, -0.15) is 0 Å². The lowest BCUT2D eigenvalue weighted by atomic mass is 9.77. The minimum atomic E-state index is -0.441. The summed E-state index contributed by atoms with van der Waals surface area (Å²) in [6.07, 6.45) is 3.91. The number of rotatable bonds is 4. The fourth-order valence-corrected chi connectivity index (χ4v) is 5.15. The number of piperazine rings is 1. The van der Waals surface area contributed by atoms with Gasteiger partial charge >= 0.3 is 0 Å². The molecule has 4 rings (SSSR count). The lowest BCUT2D eigenvalue weighted by Crippen LogP contribution is -2.53. The van der Waals surface area contributed by atoms with Crippen molar-refractivity contribution < 1.29 is 9.18 Å². The molecule has 1 aliphatic heterocycles. The third-order valence-electron chi connectivity index (χ3n) is 5.88. The van der Waals surface area contributed by atoms with E-state index in [1.165, 1.54) is 17.0 Å². The Morgan fingerprint density at radius 1 is 1.04 bits per heavy atom. The minimum absolute atomic E-state index is 0.239. The van der Waals surface area contributed by atoms with Crippen LogP contribution in [0, 0.1) is 5.82 Å². The fraction of sp³-hybridized carbons (Fsp3) is 0.476. The van der Waals surface area contributed by atoms with Gasteiger partial charge in [0, 0.05) is 37.6 Å². The van der Waals surface area contributed by atoms with Crippen LogP contribution in [0.4, 0.5) is 4.39 Å². The normalized spacial score (nSPS) is 20.4. The number of amides is 1. The van der Waals surface area contributed by atoms with E-state index in [0.29, 0.717) is 0 Å². The summed E-state index contributed by atoms with van der Waals surface area (Å²) in [5.74, 6) is 0.00826. The molecular formula is C21H25FN2OS. The maximum Gasteiger partial charge on any atom is 0.233 e. The molecule has 1 saturated heterocycles. The number of hydrogen-bond acceptors (Lipinski definition) is 3. The maximum atomic E-state index is 13.4. The Labute approximate surface area is 158 Å². The minimum Gasteiger partial charge on any atom is -0.339 e. The second-order valence-corrected chi connectivity index (χ2v) is 8.48. The van der Waals surface area contributed by atoms with Gasteiger partial charge in [0.15, 0.2) is 0 Å². The number of carbonyl (C=O) groups is 1. The molecule has 0 bridgehead atoms. The van der Waals surface area contributed by atoms with Crippen molar-refractivity contribution in [2.24, 2.45) is 0 Å². The third kappa shape index (κ3) is 3.42. The van der Waals surface area contributed by atoms with Gasteiger partial charge in [0.1, 0.15) is 5.82 Å². The van der Waals surface area contributed by atoms with Gasteiger partial charge in [0.05, 0.1) is 5.41 Å². The first kappa shape index (κ1) is 17.7. The fourth-order valence-electron chi connectivity index (χ4n) is 4.41.